The van der Waals surface area contributed by atoms with Crippen molar-refractivity contribution in [1.29, 1.82) is 0 Å². The smallest absolute Gasteiger partial charge is 0.267 e. The third-order valence-electron chi connectivity index (χ3n) is 3.74. The van der Waals surface area contributed by atoms with Crippen molar-refractivity contribution >= 4 is 0 Å². The maximum absolute atomic E-state index is 12.3. The van der Waals surface area contributed by atoms with E-state index in [4.69, 9.17) is 0 Å². The first-order chi connectivity index (χ1) is 10.0. The van der Waals surface area contributed by atoms with E-state index in [2.05, 4.69) is 57.1 Å². The number of aromatic amines is 1. The Morgan fingerprint density at radius 3 is 2.43 bits per heavy atom. The minimum absolute atomic E-state index is 0.0652. The van der Waals surface area contributed by atoms with E-state index in [0.29, 0.717) is 5.92 Å². The van der Waals surface area contributed by atoms with E-state index in [1.54, 1.807) is 0 Å². The number of aromatic nitrogens is 2. The number of nitrogens with zero attached hydrogens (tertiary/aromatic N) is 1. The number of hydrogen-bond donors (Lipinski definition) is 1. The summed E-state index contributed by atoms with van der Waals surface area (Å²) in [6.45, 7) is 9.43. The van der Waals surface area contributed by atoms with Gasteiger partial charge in [0, 0.05) is 17.7 Å². The van der Waals surface area contributed by atoms with Crippen molar-refractivity contribution in [1.82, 2.24) is 9.78 Å². The van der Waals surface area contributed by atoms with E-state index in [1.807, 2.05) is 4.68 Å². The Morgan fingerprint density at radius 2 is 1.86 bits per heavy atom. The second kappa shape index (κ2) is 6.79. The Hall–Kier alpha value is -1.77. The van der Waals surface area contributed by atoms with Gasteiger partial charge in [0.2, 0.25) is 0 Å². The van der Waals surface area contributed by atoms with Crippen LogP contribution in [0.5, 0.6) is 0 Å². The van der Waals surface area contributed by atoms with Gasteiger partial charge in [-0.2, -0.15) is 0 Å². The first-order valence-corrected chi connectivity index (χ1v) is 7.91. The van der Waals surface area contributed by atoms with Crippen LogP contribution < -0.4 is 5.56 Å². The molecule has 1 N–H and O–H groups in total. The van der Waals surface area contributed by atoms with Crippen LogP contribution in [-0.2, 0) is 13.0 Å². The third kappa shape index (κ3) is 3.66. The average molecular weight is 286 g/mol. The number of rotatable bonds is 6. The maximum atomic E-state index is 12.3. The van der Waals surface area contributed by atoms with E-state index in [1.165, 1.54) is 5.56 Å². The highest BCUT2D eigenvalue weighted by molar-refractivity contribution is 5.63. The van der Waals surface area contributed by atoms with Gasteiger partial charge >= 0.3 is 0 Å². The van der Waals surface area contributed by atoms with E-state index >= 15 is 0 Å². The second-order valence-electron chi connectivity index (χ2n) is 6.24. The molecule has 0 saturated carbocycles. The summed E-state index contributed by atoms with van der Waals surface area (Å²) in [7, 11) is 0. The Bertz CT molecular complexity index is 632. The number of aryl methyl sites for hydroxylation is 2. The number of hydrogen-bond acceptors (Lipinski definition) is 1. The van der Waals surface area contributed by atoms with E-state index < -0.39 is 0 Å². The van der Waals surface area contributed by atoms with Crippen LogP contribution in [0.15, 0.2) is 29.1 Å². The minimum Gasteiger partial charge on any atom is -0.284 e. The van der Waals surface area contributed by atoms with E-state index in [-0.39, 0.29) is 5.56 Å². The molecule has 114 valence electrons. The molecule has 1 aromatic carbocycles. The molecule has 0 spiro atoms. The third-order valence-corrected chi connectivity index (χ3v) is 3.74. The van der Waals surface area contributed by atoms with Crippen LogP contribution in [0.25, 0.3) is 11.3 Å². The molecule has 3 nitrogen and oxygen atoms in total. The lowest BCUT2D eigenvalue weighted by Gasteiger charge is -2.11. The molecule has 3 heteroatoms. The zero-order chi connectivity index (χ0) is 15.4. The van der Waals surface area contributed by atoms with Crippen LogP contribution in [0, 0.1) is 12.8 Å². The molecule has 21 heavy (non-hydrogen) atoms. The van der Waals surface area contributed by atoms with Gasteiger partial charge in [0.1, 0.15) is 0 Å². The quantitative estimate of drug-likeness (QED) is 0.851. The fourth-order valence-electron chi connectivity index (χ4n) is 2.64. The SMILES string of the molecule is CCCCn1[nH]c(=O)c(CC(C)C)c1-c1ccc(C)cc1. The van der Waals surface area contributed by atoms with Crippen LogP contribution in [0.2, 0.25) is 0 Å². The van der Waals surface area contributed by atoms with Gasteiger partial charge in [-0.1, -0.05) is 57.0 Å². The van der Waals surface area contributed by atoms with Crippen molar-refractivity contribution in [3.63, 3.8) is 0 Å². The molecule has 0 aliphatic carbocycles. The van der Waals surface area contributed by atoms with Gasteiger partial charge in [-0.25, -0.2) is 0 Å². The van der Waals surface area contributed by atoms with Crippen LogP contribution in [0.3, 0.4) is 0 Å². The summed E-state index contributed by atoms with van der Waals surface area (Å²) < 4.78 is 2.04. The summed E-state index contributed by atoms with van der Waals surface area (Å²) in [5.41, 5.74) is 4.43. The molecule has 0 atom stereocenters. The van der Waals surface area contributed by atoms with Crippen molar-refractivity contribution in [3.05, 3.63) is 45.7 Å². The summed E-state index contributed by atoms with van der Waals surface area (Å²) in [4.78, 5) is 12.3. The monoisotopic (exact) mass is 286 g/mol. The van der Waals surface area contributed by atoms with Gasteiger partial charge in [0.05, 0.1) is 5.69 Å². The highest BCUT2D eigenvalue weighted by Gasteiger charge is 2.17. The normalized spacial score (nSPS) is 11.3. The lowest BCUT2D eigenvalue weighted by Crippen LogP contribution is -2.09. The predicted octanol–water partition coefficient (Wildman–Crippen LogP) is 4.15. The molecule has 0 unspecified atom stereocenters. The van der Waals surface area contributed by atoms with Crippen molar-refractivity contribution in [2.75, 3.05) is 0 Å². The summed E-state index contributed by atoms with van der Waals surface area (Å²) in [6, 6.07) is 8.45. The molecule has 2 rings (SSSR count). The summed E-state index contributed by atoms with van der Waals surface area (Å²) in [5, 5.41) is 3.03. The van der Waals surface area contributed by atoms with Crippen molar-refractivity contribution in [2.45, 2.75) is 53.5 Å². The molecule has 0 aliphatic rings. The Kier molecular flexibility index (Phi) is 5.05. The van der Waals surface area contributed by atoms with E-state index in [0.717, 1.165) is 42.6 Å². The molecule has 2 aromatic rings. The van der Waals surface area contributed by atoms with Gasteiger partial charge in [-0.3, -0.25) is 14.6 Å². The largest absolute Gasteiger partial charge is 0.284 e. The Balaban J connectivity index is 2.52. The predicted molar refractivity (Wildman–Crippen MR) is 88.7 cm³/mol. The van der Waals surface area contributed by atoms with Gasteiger partial charge < -0.3 is 0 Å². The molecule has 1 aromatic heterocycles. The highest BCUT2D eigenvalue weighted by atomic mass is 16.1. The first-order valence-electron chi connectivity index (χ1n) is 7.91. The standard InChI is InChI=1S/C18H26N2O/c1-5-6-11-20-17(15-9-7-14(4)8-10-15)16(12-13(2)3)18(21)19-20/h7-10,13H,5-6,11-12H2,1-4H3,(H,19,21). The molecule has 0 fully saturated rings. The van der Waals surface area contributed by atoms with Gasteiger partial charge in [0.25, 0.3) is 5.56 Å². The van der Waals surface area contributed by atoms with Crippen LogP contribution in [0.1, 0.15) is 44.7 Å². The van der Waals surface area contributed by atoms with Gasteiger partial charge in [-0.05, 0) is 25.7 Å². The topological polar surface area (TPSA) is 37.8 Å². The van der Waals surface area contributed by atoms with Crippen LogP contribution in [0.4, 0.5) is 0 Å². The Labute approximate surface area is 127 Å². The zero-order valence-corrected chi connectivity index (χ0v) is 13.6. The number of unbranched alkanes of at least 4 members (excludes halogenated alkanes) is 1. The highest BCUT2D eigenvalue weighted by Crippen LogP contribution is 2.24. The zero-order valence-electron chi connectivity index (χ0n) is 13.6. The van der Waals surface area contributed by atoms with E-state index in [9.17, 15) is 4.79 Å². The van der Waals surface area contributed by atoms with Crippen LogP contribution in [-0.4, -0.2) is 9.78 Å². The molecular weight excluding hydrogens is 260 g/mol. The van der Waals surface area contributed by atoms with Gasteiger partial charge in [0.15, 0.2) is 0 Å². The fraction of sp³-hybridized carbons (Fsp3) is 0.500. The summed E-state index contributed by atoms with van der Waals surface area (Å²) in [5.74, 6) is 0.470. The molecule has 0 bridgehead atoms. The molecule has 0 aliphatic heterocycles. The molecule has 0 radical (unpaired) electrons. The van der Waals surface area contributed by atoms with Crippen molar-refractivity contribution in [2.24, 2.45) is 5.92 Å². The lowest BCUT2D eigenvalue weighted by molar-refractivity contribution is 0.572. The summed E-state index contributed by atoms with van der Waals surface area (Å²) in [6.07, 6.45) is 3.01. The number of nitrogens with one attached hydrogen (secondary N) is 1. The second-order valence-corrected chi connectivity index (χ2v) is 6.24. The average Bonchev–Trinajstić information content (AvgIpc) is 2.73. The van der Waals surface area contributed by atoms with Crippen LogP contribution >= 0.6 is 0 Å². The number of benzene rings is 1. The summed E-state index contributed by atoms with van der Waals surface area (Å²) >= 11 is 0. The van der Waals surface area contributed by atoms with Crippen molar-refractivity contribution in [3.8, 4) is 11.3 Å². The molecule has 0 amide bonds. The molecular formula is C18H26N2O. The maximum Gasteiger partial charge on any atom is 0.267 e. The molecule has 1 heterocycles. The fourth-order valence-corrected chi connectivity index (χ4v) is 2.64. The van der Waals surface area contributed by atoms with Crippen molar-refractivity contribution < 1.29 is 0 Å². The Morgan fingerprint density at radius 1 is 1.19 bits per heavy atom. The number of H-pyrrole nitrogens is 1. The minimum atomic E-state index is 0.0652. The first kappa shape index (κ1) is 15.6. The van der Waals surface area contributed by atoms with Gasteiger partial charge in [-0.15, -0.1) is 0 Å². The lowest BCUT2D eigenvalue weighted by atomic mass is 9.99. The molecule has 0 saturated heterocycles.